The number of hydrogen-bond acceptors (Lipinski definition) is 1. The molecule has 0 fully saturated rings. The van der Waals surface area contributed by atoms with Crippen molar-refractivity contribution in [1.29, 1.82) is 0 Å². The molecule has 0 amide bonds. The lowest BCUT2D eigenvalue weighted by molar-refractivity contribution is 0.0699. The van der Waals surface area contributed by atoms with Crippen LogP contribution in [0.2, 0.25) is 5.02 Å². The summed E-state index contributed by atoms with van der Waals surface area (Å²) < 4.78 is 0. The van der Waals surface area contributed by atoms with Gasteiger partial charge in [-0.3, -0.25) is 0 Å². The van der Waals surface area contributed by atoms with Gasteiger partial charge in [0.1, 0.15) is 0 Å². The number of nitrogens with one attached hydrogen (secondary N) is 1. The summed E-state index contributed by atoms with van der Waals surface area (Å²) in [5, 5.41) is 10.4. The number of aromatic carboxylic acids is 1. The fraction of sp³-hybridized carbons (Fsp3) is 0.308. The number of carboxylic acid groups (broad SMARTS) is 1. The third-order valence-corrected chi connectivity index (χ3v) is 3.74. The van der Waals surface area contributed by atoms with Gasteiger partial charge in [-0.05, 0) is 43.4 Å². The number of hydrogen-bond donors (Lipinski definition) is 2. The van der Waals surface area contributed by atoms with Crippen LogP contribution in [0.15, 0.2) is 12.1 Å². The van der Waals surface area contributed by atoms with Gasteiger partial charge in [0.05, 0.1) is 10.6 Å². The van der Waals surface area contributed by atoms with Crippen molar-refractivity contribution >= 4 is 28.5 Å². The summed E-state index contributed by atoms with van der Waals surface area (Å²) in [6.45, 7) is 0. The molecule has 0 atom stereocenters. The lowest BCUT2D eigenvalue weighted by Crippen LogP contribution is -2.03. The maximum atomic E-state index is 11.3. The molecule has 17 heavy (non-hydrogen) atoms. The first-order chi connectivity index (χ1) is 8.18. The maximum absolute atomic E-state index is 11.3. The van der Waals surface area contributed by atoms with Gasteiger partial charge >= 0.3 is 5.97 Å². The predicted octanol–water partition coefficient (Wildman–Crippen LogP) is 3.40. The molecule has 3 rings (SSSR count). The van der Waals surface area contributed by atoms with Gasteiger partial charge in [-0.2, -0.15) is 0 Å². The summed E-state index contributed by atoms with van der Waals surface area (Å²) in [5.41, 5.74) is 3.45. The molecule has 0 spiro atoms. The van der Waals surface area contributed by atoms with Crippen LogP contribution in [0.4, 0.5) is 0 Å². The summed E-state index contributed by atoms with van der Waals surface area (Å²) in [5.74, 6) is -0.951. The number of aromatic nitrogens is 1. The van der Waals surface area contributed by atoms with Crippen molar-refractivity contribution in [3.8, 4) is 0 Å². The van der Waals surface area contributed by atoms with Crippen molar-refractivity contribution in [2.24, 2.45) is 0 Å². The number of benzene rings is 1. The zero-order valence-corrected chi connectivity index (χ0v) is 9.97. The third kappa shape index (κ3) is 1.53. The largest absolute Gasteiger partial charge is 0.478 e. The van der Waals surface area contributed by atoms with E-state index < -0.39 is 5.97 Å². The summed E-state index contributed by atoms with van der Waals surface area (Å²) in [7, 11) is 0. The van der Waals surface area contributed by atoms with E-state index in [9.17, 15) is 9.90 Å². The molecule has 0 aliphatic heterocycles. The Morgan fingerprint density at radius 1 is 1.29 bits per heavy atom. The van der Waals surface area contributed by atoms with Gasteiger partial charge in [0.2, 0.25) is 0 Å². The predicted molar refractivity (Wildman–Crippen MR) is 66.9 cm³/mol. The number of halogens is 1. The normalized spacial score (nSPS) is 14.9. The van der Waals surface area contributed by atoms with Crippen LogP contribution < -0.4 is 0 Å². The minimum atomic E-state index is -0.951. The standard InChI is InChI=1S/C13H12ClNO2/c14-8-5-6-10-11(12(8)13(16)17)7-3-1-2-4-9(7)15-10/h5-6,15H,1-4H2,(H,16,17). The Kier molecular flexibility index (Phi) is 2.37. The van der Waals surface area contributed by atoms with Crippen molar-refractivity contribution in [1.82, 2.24) is 4.98 Å². The van der Waals surface area contributed by atoms with E-state index in [2.05, 4.69) is 4.98 Å². The number of carboxylic acids is 1. The first-order valence-corrected chi connectivity index (χ1v) is 6.11. The first-order valence-electron chi connectivity index (χ1n) is 5.73. The second-order valence-electron chi connectivity index (χ2n) is 4.44. The van der Waals surface area contributed by atoms with Crippen molar-refractivity contribution in [2.45, 2.75) is 25.7 Å². The molecule has 1 aliphatic rings. The van der Waals surface area contributed by atoms with Crippen LogP contribution in [0.25, 0.3) is 10.9 Å². The average Bonchev–Trinajstić information content (AvgIpc) is 2.67. The summed E-state index contributed by atoms with van der Waals surface area (Å²) in [6.07, 6.45) is 4.22. The van der Waals surface area contributed by atoms with Crippen LogP contribution >= 0.6 is 11.6 Å². The Morgan fingerprint density at radius 3 is 2.82 bits per heavy atom. The van der Waals surface area contributed by atoms with Crippen LogP contribution in [0.1, 0.15) is 34.5 Å². The topological polar surface area (TPSA) is 53.1 Å². The highest BCUT2D eigenvalue weighted by atomic mass is 35.5. The molecule has 1 aromatic carbocycles. The lowest BCUT2D eigenvalue weighted by Gasteiger charge is -2.11. The highest BCUT2D eigenvalue weighted by molar-refractivity contribution is 6.35. The second-order valence-corrected chi connectivity index (χ2v) is 4.85. The fourth-order valence-electron chi connectivity index (χ4n) is 2.69. The Balaban J connectivity index is 2.40. The molecule has 3 nitrogen and oxygen atoms in total. The molecule has 0 radical (unpaired) electrons. The van der Waals surface area contributed by atoms with Crippen LogP contribution in [-0.4, -0.2) is 16.1 Å². The van der Waals surface area contributed by atoms with E-state index in [-0.39, 0.29) is 5.56 Å². The van der Waals surface area contributed by atoms with E-state index in [0.717, 1.165) is 42.1 Å². The van der Waals surface area contributed by atoms with E-state index >= 15 is 0 Å². The van der Waals surface area contributed by atoms with Gasteiger partial charge < -0.3 is 10.1 Å². The average molecular weight is 250 g/mol. The minimum absolute atomic E-state index is 0.239. The number of aromatic amines is 1. The van der Waals surface area contributed by atoms with Crippen LogP contribution in [0, 0.1) is 0 Å². The van der Waals surface area contributed by atoms with Gasteiger partial charge in [-0.1, -0.05) is 11.6 Å². The Morgan fingerprint density at radius 2 is 2.06 bits per heavy atom. The molecule has 2 N–H and O–H groups in total. The molecule has 1 aromatic heterocycles. The van der Waals surface area contributed by atoms with Gasteiger partial charge in [0.25, 0.3) is 0 Å². The first kappa shape index (κ1) is 10.7. The van der Waals surface area contributed by atoms with Gasteiger partial charge in [-0.15, -0.1) is 0 Å². The van der Waals surface area contributed by atoms with Crippen molar-refractivity contribution in [3.63, 3.8) is 0 Å². The highest BCUT2D eigenvalue weighted by Gasteiger charge is 2.22. The molecule has 0 saturated heterocycles. The number of H-pyrrole nitrogens is 1. The zero-order chi connectivity index (χ0) is 12.0. The van der Waals surface area contributed by atoms with Crippen molar-refractivity contribution in [3.05, 3.63) is 34.0 Å². The molecule has 0 bridgehead atoms. The van der Waals surface area contributed by atoms with Gasteiger partial charge in [0.15, 0.2) is 0 Å². The van der Waals surface area contributed by atoms with Crippen LogP contribution in [-0.2, 0) is 12.8 Å². The Bertz CT molecular complexity index is 615. The third-order valence-electron chi connectivity index (χ3n) is 3.42. The lowest BCUT2D eigenvalue weighted by atomic mass is 9.94. The van der Waals surface area contributed by atoms with E-state index in [4.69, 9.17) is 11.6 Å². The second kappa shape index (κ2) is 3.77. The van der Waals surface area contributed by atoms with Crippen LogP contribution in [0.5, 0.6) is 0 Å². The quantitative estimate of drug-likeness (QED) is 0.814. The molecule has 88 valence electrons. The Hall–Kier alpha value is -1.48. The maximum Gasteiger partial charge on any atom is 0.337 e. The van der Waals surface area contributed by atoms with E-state index in [0.29, 0.717) is 5.02 Å². The van der Waals surface area contributed by atoms with E-state index in [1.807, 2.05) is 6.07 Å². The summed E-state index contributed by atoms with van der Waals surface area (Å²) in [6, 6.07) is 3.51. The molecular formula is C13H12ClNO2. The molecule has 1 heterocycles. The Labute approximate surface area is 103 Å². The smallest absolute Gasteiger partial charge is 0.337 e. The van der Waals surface area contributed by atoms with E-state index in [1.54, 1.807) is 6.07 Å². The number of rotatable bonds is 1. The molecule has 4 heteroatoms. The highest BCUT2D eigenvalue weighted by Crippen LogP contribution is 2.34. The number of aryl methyl sites for hydroxylation is 2. The van der Waals surface area contributed by atoms with Crippen molar-refractivity contribution < 1.29 is 9.90 Å². The molecular weight excluding hydrogens is 238 g/mol. The van der Waals surface area contributed by atoms with E-state index in [1.165, 1.54) is 5.69 Å². The molecule has 0 saturated carbocycles. The molecule has 2 aromatic rings. The monoisotopic (exact) mass is 249 g/mol. The summed E-state index contributed by atoms with van der Waals surface area (Å²) >= 11 is 6.00. The van der Waals surface area contributed by atoms with Crippen molar-refractivity contribution in [2.75, 3.05) is 0 Å². The summed E-state index contributed by atoms with van der Waals surface area (Å²) in [4.78, 5) is 14.6. The van der Waals surface area contributed by atoms with Gasteiger partial charge in [0, 0.05) is 16.6 Å². The SMILES string of the molecule is O=C(O)c1c(Cl)ccc2[nH]c3c(c12)CCCC3. The molecule has 1 aliphatic carbocycles. The number of fused-ring (bicyclic) bond motifs is 3. The number of carbonyl (C=O) groups is 1. The minimum Gasteiger partial charge on any atom is -0.478 e. The van der Waals surface area contributed by atoms with Crippen LogP contribution in [0.3, 0.4) is 0 Å². The van der Waals surface area contributed by atoms with Gasteiger partial charge in [-0.25, -0.2) is 4.79 Å². The zero-order valence-electron chi connectivity index (χ0n) is 9.22. The fourth-order valence-corrected chi connectivity index (χ4v) is 2.92. The molecule has 0 unspecified atom stereocenters.